The van der Waals surface area contributed by atoms with E-state index in [9.17, 15) is 0 Å². The van der Waals surface area contributed by atoms with Crippen molar-refractivity contribution in [3.05, 3.63) is 12.1 Å². The van der Waals surface area contributed by atoms with Crippen molar-refractivity contribution in [1.29, 1.82) is 0 Å². The van der Waals surface area contributed by atoms with Gasteiger partial charge in [0.15, 0.2) is 0 Å². The molecule has 0 aromatic carbocycles. The van der Waals surface area contributed by atoms with Crippen LogP contribution in [-0.4, -0.2) is 41.3 Å². The summed E-state index contributed by atoms with van der Waals surface area (Å²) in [4.78, 5) is 2.37. The molecule has 5 heteroatoms. The molecule has 15 heavy (non-hydrogen) atoms. The second-order valence-corrected chi connectivity index (χ2v) is 4.00. The van der Waals surface area contributed by atoms with Crippen molar-refractivity contribution in [1.82, 2.24) is 15.1 Å². The fraction of sp³-hybridized carbons (Fsp3) is 0.600. The van der Waals surface area contributed by atoms with E-state index < -0.39 is 0 Å². The Kier molecular flexibility index (Phi) is 3.01. The van der Waals surface area contributed by atoms with Gasteiger partial charge in [-0.3, -0.25) is 0 Å². The number of likely N-dealkylation sites (N-methyl/N-ethyl adjacent to an activating group) is 1. The number of likely N-dealkylation sites (tertiary alicyclic amines) is 1. The Morgan fingerprint density at radius 1 is 1.53 bits per heavy atom. The number of hydrogen-bond acceptors (Lipinski definition) is 5. The number of nitrogens with zero attached hydrogens (tertiary/aromatic N) is 3. The van der Waals surface area contributed by atoms with E-state index in [0.29, 0.717) is 11.9 Å². The van der Waals surface area contributed by atoms with Crippen molar-refractivity contribution in [3.8, 4) is 0 Å². The topological polar surface area (TPSA) is 67.1 Å². The van der Waals surface area contributed by atoms with Gasteiger partial charge in [0.2, 0.25) is 0 Å². The van der Waals surface area contributed by atoms with Crippen molar-refractivity contribution in [2.24, 2.45) is 0 Å². The molecule has 1 aliphatic rings. The Balaban J connectivity index is 1.85. The number of nitrogens with one attached hydrogen (secondary N) is 1. The molecule has 0 bridgehead atoms. The number of anilines is 2. The summed E-state index contributed by atoms with van der Waals surface area (Å²) >= 11 is 0. The van der Waals surface area contributed by atoms with Gasteiger partial charge in [-0.25, -0.2) is 0 Å². The van der Waals surface area contributed by atoms with Crippen LogP contribution < -0.4 is 11.1 Å². The SMILES string of the molecule is CN1CCCC1CNc1ccc(N)nn1. The molecule has 1 aliphatic heterocycles. The van der Waals surface area contributed by atoms with Crippen LogP contribution in [0.5, 0.6) is 0 Å². The van der Waals surface area contributed by atoms with Gasteiger partial charge in [-0.2, -0.15) is 0 Å². The van der Waals surface area contributed by atoms with Gasteiger partial charge in [0.05, 0.1) is 0 Å². The molecule has 2 heterocycles. The third-order valence-corrected chi connectivity index (χ3v) is 2.88. The Morgan fingerprint density at radius 2 is 2.40 bits per heavy atom. The summed E-state index contributed by atoms with van der Waals surface area (Å²) in [6.45, 7) is 2.12. The molecule has 1 saturated heterocycles. The molecule has 0 aliphatic carbocycles. The zero-order valence-corrected chi connectivity index (χ0v) is 8.98. The van der Waals surface area contributed by atoms with Crippen LogP contribution >= 0.6 is 0 Å². The lowest BCUT2D eigenvalue weighted by atomic mass is 10.2. The van der Waals surface area contributed by atoms with Gasteiger partial charge in [0.25, 0.3) is 0 Å². The van der Waals surface area contributed by atoms with Gasteiger partial charge in [-0.05, 0) is 38.6 Å². The largest absolute Gasteiger partial charge is 0.382 e. The van der Waals surface area contributed by atoms with Gasteiger partial charge in [-0.15, -0.1) is 10.2 Å². The number of rotatable bonds is 3. The summed E-state index contributed by atoms with van der Waals surface area (Å²) in [7, 11) is 2.16. The molecule has 1 unspecified atom stereocenters. The summed E-state index contributed by atoms with van der Waals surface area (Å²) in [5.41, 5.74) is 5.46. The standard InChI is InChI=1S/C10H17N5/c1-15-6-2-3-8(15)7-12-10-5-4-9(11)13-14-10/h4-5,8H,2-3,6-7H2,1H3,(H2,11,13)(H,12,14). The smallest absolute Gasteiger partial charge is 0.148 e. The van der Waals surface area contributed by atoms with Crippen molar-refractivity contribution in [2.45, 2.75) is 18.9 Å². The van der Waals surface area contributed by atoms with Crippen molar-refractivity contribution < 1.29 is 0 Å². The van der Waals surface area contributed by atoms with Crippen LogP contribution in [0.15, 0.2) is 12.1 Å². The van der Waals surface area contributed by atoms with E-state index in [4.69, 9.17) is 5.73 Å². The van der Waals surface area contributed by atoms with E-state index in [0.717, 1.165) is 12.4 Å². The van der Waals surface area contributed by atoms with E-state index in [1.165, 1.54) is 19.4 Å². The van der Waals surface area contributed by atoms with E-state index >= 15 is 0 Å². The summed E-state index contributed by atoms with van der Waals surface area (Å²) < 4.78 is 0. The molecule has 1 fully saturated rings. The minimum atomic E-state index is 0.457. The number of nitrogens with two attached hydrogens (primary N) is 1. The average Bonchev–Trinajstić information content (AvgIpc) is 2.63. The van der Waals surface area contributed by atoms with Crippen molar-refractivity contribution in [2.75, 3.05) is 31.2 Å². The van der Waals surface area contributed by atoms with Crippen molar-refractivity contribution in [3.63, 3.8) is 0 Å². The molecule has 1 aromatic rings. The summed E-state index contributed by atoms with van der Waals surface area (Å²) in [6.07, 6.45) is 2.54. The molecule has 2 rings (SSSR count). The van der Waals surface area contributed by atoms with Crippen LogP contribution in [-0.2, 0) is 0 Å². The lowest BCUT2D eigenvalue weighted by Crippen LogP contribution is -2.31. The average molecular weight is 207 g/mol. The maximum atomic E-state index is 5.46. The lowest BCUT2D eigenvalue weighted by molar-refractivity contribution is 0.322. The van der Waals surface area contributed by atoms with Gasteiger partial charge in [0.1, 0.15) is 11.6 Å². The van der Waals surface area contributed by atoms with Crippen molar-refractivity contribution >= 4 is 11.6 Å². The molecule has 3 N–H and O–H groups in total. The first-order chi connectivity index (χ1) is 7.25. The Bertz CT molecular complexity index is 310. The normalized spacial score (nSPS) is 21.8. The van der Waals surface area contributed by atoms with Gasteiger partial charge in [0, 0.05) is 12.6 Å². The van der Waals surface area contributed by atoms with E-state index in [1.807, 2.05) is 6.07 Å². The van der Waals surface area contributed by atoms with Crippen LogP contribution in [0, 0.1) is 0 Å². The predicted molar refractivity (Wildman–Crippen MR) is 60.6 cm³/mol. The summed E-state index contributed by atoms with van der Waals surface area (Å²) in [5.74, 6) is 1.25. The minimum absolute atomic E-state index is 0.457. The van der Waals surface area contributed by atoms with E-state index in [-0.39, 0.29) is 0 Å². The Labute approximate surface area is 89.7 Å². The highest BCUT2D eigenvalue weighted by molar-refractivity contribution is 5.38. The zero-order chi connectivity index (χ0) is 10.7. The van der Waals surface area contributed by atoms with Gasteiger partial charge in [-0.1, -0.05) is 0 Å². The maximum absolute atomic E-state index is 5.46. The zero-order valence-electron chi connectivity index (χ0n) is 8.98. The van der Waals surface area contributed by atoms with E-state index in [1.54, 1.807) is 6.07 Å². The van der Waals surface area contributed by atoms with Gasteiger partial charge >= 0.3 is 0 Å². The third kappa shape index (κ3) is 2.56. The van der Waals surface area contributed by atoms with Crippen LogP contribution in [0.1, 0.15) is 12.8 Å². The first-order valence-corrected chi connectivity index (χ1v) is 5.29. The lowest BCUT2D eigenvalue weighted by Gasteiger charge is -2.19. The second-order valence-electron chi connectivity index (χ2n) is 4.00. The Morgan fingerprint density at radius 3 is 3.00 bits per heavy atom. The summed E-state index contributed by atoms with van der Waals surface area (Å²) in [6, 6.07) is 4.23. The monoisotopic (exact) mass is 207 g/mol. The minimum Gasteiger partial charge on any atom is -0.382 e. The molecule has 0 radical (unpaired) electrons. The molecule has 0 spiro atoms. The first-order valence-electron chi connectivity index (χ1n) is 5.29. The number of aromatic nitrogens is 2. The predicted octanol–water partition coefficient (Wildman–Crippen LogP) is 0.565. The molecular weight excluding hydrogens is 190 g/mol. The van der Waals surface area contributed by atoms with Crippen LogP contribution in [0.2, 0.25) is 0 Å². The van der Waals surface area contributed by atoms with Crippen LogP contribution in [0.3, 0.4) is 0 Å². The quantitative estimate of drug-likeness (QED) is 0.758. The molecule has 0 amide bonds. The highest BCUT2D eigenvalue weighted by Crippen LogP contribution is 2.15. The molecule has 0 saturated carbocycles. The fourth-order valence-electron chi connectivity index (χ4n) is 1.90. The molecular formula is C10H17N5. The number of hydrogen-bond donors (Lipinski definition) is 2. The highest BCUT2D eigenvalue weighted by atomic mass is 15.2. The second kappa shape index (κ2) is 4.44. The molecule has 82 valence electrons. The van der Waals surface area contributed by atoms with E-state index in [2.05, 4.69) is 27.5 Å². The molecule has 1 atom stereocenters. The third-order valence-electron chi connectivity index (χ3n) is 2.88. The molecule has 5 nitrogen and oxygen atoms in total. The summed E-state index contributed by atoms with van der Waals surface area (Å²) in [5, 5.41) is 11.0. The molecule has 1 aromatic heterocycles. The maximum Gasteiger partial charge on any atom is 0.148 e. The van der Waals surface area contributed by atoms with Gasteiger partial charge < -0.3 is 16.0 Å². The first kappa shape index (κ1) is 10.2. The fourth-order valence-corrected chi connectivity index (χ4v) is 1.90. The Hall–Kier alpha value is -1.36. The highest BCUT2D eigenvalue weighted by Gasteiger charge is 2.20. The van der Waals surface area contributed by atoms with Crippen LogP contribution in [0.4, 0.5) is 11.6 Å². The number of nitrogen functional groups attached to an aromatic ring is 1. The van der Waals surface area contributed by atoms with Crippen LogP contribution in [0.25, 0.3) is 0 Å².